The molecule has 188 valence electrons. The molecular weight excluding hydrogens is 464 g/mol. The molecule has 9 heteroatoms. The van der Waals surface area contributed by atoms with E-state index in [1.54, 1.807) is 11.8 Å². The molecule has 0 spiro atoms. The van der Waals surface area contributed by atoms with Crippen LogP contribution in [0.2, 0.25) is 0 Å². The summed E-state index contributed by atoms with van der Waals surface area (Å²) in [4.78, 5) is 44.7. The first-order chi connectivity index (χ1) is 16.5. The molecule has 1 aromatic carbocycles. The second-order valence-electron chi connectivity index (χ2n) is 10.9. The molecule has 1 saturated heterocycles. The van der Waals surface area contributed by atoms with E-state index in [0.29, 0.717) is 30.8 Å². The van der Waals surface area contributed by atoms with Gasteiger partial charge in [0.05, 0.1) is 11.1 Å². The summed E-state index contributed by atoms with van der Waals surface area (Å²) >= 11 is 1.24. The highest BCUT2D eigenvalue weighted by molar-refractivity contribution is 7.12. The van der Waals surface area contributed by atoms with Crippen molar-refractivity contribution in [1.29, 1.82) is 0 Å². The largest absolute Gasteiger partial charge is 0.481 e. The first-order valence-electron chi connectivity index (χ1n) is 12.1. The molecule has 3 N–H and O–H groups in total. The maximum Gasteiger partial charge on any atom is 0.311 e. The number of benzene rings is 1. The number of likely N-dealkylation sites (tertiary alicyclic amines) is 1. The third-order valence-corrected chi connectivity index (χ3v) is 7.85. The summed E-state index contributed by atoms with van der Waals surface area (Å²) in [7, 11) is 0. The van der Waals surface area contributed by atoms with Gasteiger partial charge >= 0.3 is 5.97 Å². The van der Waals surface area contributed by atoms with Gasteiger partial charge in [0.25, 0.3) is 5.91 Å². The average Bonchev–Trinajstić information content (AvgIpc) is 3.41. The quantitative estimate of drug-likeness (QED) is 0.562. The van der Waals surface area contributed by atoms with Gasteiger partial charge in [0.2, 0.25) is 5.91 Å². The topological polar surface area (TPSA) is 112 Å². The van der Waals surface area contributed by atoms with Crippen LogP contribution in [-0.2, 0) is 9.59 Å². The van der Waals surface area contributed by atoms with Crippen molar-refractivity contribution in [3.8, 4) is 11.3 Å². The lowest BCUT2D eigenvalue weighted by Gasteiger charge is -2.47. The second kappa shape index (κ2) is 9.70. The third-order valence-electron chi connectivity index (χ3n) is 7.01. The Hall–Kier alpha value is -2.78. The molecule has 4 rings (SSSR count). The van der Waals surface area contributed by atoms with Crippen molar-refractivity contribution in [3.63, 3.8) is 0 Å². The van der Waals surface area contributed by atoms with Gasteiger partial charge in [-0.25, -0.2) is 4.98 Å². The maximum atomic E-state index is 13.3. The van der Waals surface area contributed by atoms with Crippen molar-refractivity contribution >= 4 is 29.1 Å². The number of hydrogen-bond acceptors (Lipinski definition) is 6. The monoisotopic (exact) mass is 498 g/mol. The van der Waals surface area contributed by atoms with Crippen molar-refractivity contribution in [2.24, 2.45) is 5.41 Å². The fourth-order valence-electron chi connectivity index (χ4n) is 5.38. The fourth-order valence-corrected chi connectivity index (χ4v) is 6.11. The van der Waals surface area contributed by atoms with E-state index in [9.17, 15) is 19.5 Å². The maximum absolute atomic E-state index is 13.3. The molecule has 0 unspecified atom stereocenters. The lowest BCUT2D eigenvalue weighted by molar-refractivity contribution is -0.158. The van der Waals surface area contributed by atoms with Crippen LogP contribution in [0.4, 0.5) is 0 Å². The Bertz CT molecular complexity index is 1100. The zero-order valence-corrected chi connectivity index (χ0v) is 21.5. The Balaban J connectivity index is 1.43. The molecule has 0 bridgehead atoms. The highest BCUT2D eigenvalue weighted by atomic mass is 32.1. The van der Waals surface area contributed by atoms with Gasteiger partial charge in [0.15, 0.2) is 5.01 Å². The Kier molecular flexibility index (Phi) is 7.02. The van der Waals surface area contributed by atoms with E-state index < -0.39 is 23.5 Å². The molecule has 1 aromatic heterocycles. The van der Waals surface area contributed by atoms with Crippen LogP contribution < -0.4 is 10.6 Å². The lowest BCUT2D eigenvalue weighted by Crippen LogP contribution is -2.59. The molecule has 2 fully saturated rings. The van der Waals surface area contributed by atoms with Crippen LogP contribution in [0.25, 0.3) is 11.3 Å². The number of thiazole rings is 1. The minimum atomic E-state index is -1.06. The summed E-state index contributed by atoms with van der Waals surface area (Å²) in [6.07, 6.45) is 2.31. The van der Waals surface area contributed by atoms with Gasteiger partial charge in [-0.3, -0.25) is 14.4 Å². The number of nitrogens with zero attached hydrogens (tertiary/aromatic N) is 2. The molecular formula is C26H34N4O4S. The number of amides is 2. The van der Waals surface area contributed by atoms with Gasteiger partial charge in [0.1, 0.15) is 6.04 Å². The number of carboxylic acids is 1. The average molecular weight is 499 g/mol. The predicted molar refractivity (Wildman–Crippen MR) is 135 cm³/mol. The van der Waals surface area contributed by atoms with Gasteiger partial charge in [-0.15, -0.1) is 11.3 Å². The highest BCUT2D eigenvalue weighted by Gasteiger charge is 2.52. The predicted octanol–water partition coefficient (Wildman–Crippen LogP) is 3.54. The molecule has 2 amide bonds. The summed E-state index contributed by atoms with van der Waals surface area (Å²) < 4.78 is 0. The molecule has 1 aliphatic carbocycles. The van der Waals surface area contributed by atoms with Crippen LogP contribution >= 0.6 is 11.3 Å². The van der Waals surface area contributed by atoms with E-state index in [-0.39, 0.29) is 23.4 Å². The molecule has 2 aromatic rings. The Morgan fingerprint density at radius 1 is 1.17 bits per heavy atom. The number of carbonyl (C=O) groups excluding carboxylic acids is 2. The fraction of sp³-hybridized carbons (Fsp3) is 0.538. The van der Waals surface area contributed by atoms with E-state index in [4.69, 9.17) is 0 Å². The summed E-state index contributed by atoms with van der Waals surface area (Å²) in [6.45, 7) is 8.39. The SMILES string of the molecule is CC(C)(C)N[C@@H]1CC[C@H](N2CC[C@H](NC(=O)c3nc(-c4ccccc4)cs3)C2=O)[C@](C)(C(=O)O)C1. The van der Waals surface area contributed by atoms with Crippen LogP contribution in [0.1, 0.15) is 63.2 Å². The highest BCUT2D eigenvalue weighted by Crippen LogP contribution is 2.41. The molecule has 8 nitrogen and oxygen atoms in total. The minimum Gasteiger partial charge on any atom is -0.481 e. The van der Waals surface area contributed by atoms with Gasteiger partial charge < -0.3 is 20.6 Å². The number of carboxylic acid groups (broad SMARTS) is 1. The molecule has 1 saturated carbocycles. The summed E-state index contributed by atoms with van der Waals surface area (Å²) in [5, 5.41) is 18.6. The van der Waals surface area contributed by atoms with Crippen molar-refractivity contribution in [2.75, 3.05) is 6.54 Å². The van der Waals surface area contributed by atoms with Crippen molar-refractivity contribution in [2.45, 2.75) is 77.0 Å². The van der Waals surface area contributed by atoms with Crippen LogP contribution in [0.5, 0.6) is 0 Å². The Morgan fingerprint density at radius 3 is 2.54 bits per heavy atom. The van der Waals surface area contributed by atoms with Crippen molar-refractivity contribution in [1.82, 2.24) is 20.5 Å². The first-order valence-corrected chi connectivity index (χ1v) is 13.0. The number of carbonyl (C=O) groups is 3. The smallest absolute Gasteiger partial charge is 0.311 e. The number of aliphatic carboxylic acids is 1. The van der Waals surface area contributed by atoms with E-state index in [2.05, 4.69) is 36.4 Å². The van der Waals surface area contributed by atoms with Gasteiger partial charge in [-0.2, -0.15) is 0 Å². The molecule has 35 heavy (non-hydrogen) atoms. The summed E-state index contributed by atoms with van der Waals surface area (Å²) in [5.41, 5.74) is 0.468. The van der Waals surface area contributed by atoms with Crippen molar-refractivity contribution in [3.05, 3.63) is 40.7 Å². The van der Waals surface area contributed by atoms with E-state index in [1.165, 1.54) is 11.3 Å². The molecule has 2 heterocycles. The Morgan fingerprint density at radius 2 is 1.89 bits per heavy atom. The van der Waals surface area contributed by atoms with Crippen LogP contribution in [0.15, 0.2) is 35.7 Å². The molecule has 2 aliphatic rings. The zero-order valence-electron chi connectivity index (χ0n) is 20.7. The zero-order chi connectivity index (χ0) is 25.4. The molecule has 1 aliphatic heterocycles. The number of nitrogens with one attached hydrogen (secondary N) is 2. The Labute approximate surface area is 210 Å². The molecule has 4 atom stereocenters. The van der Waals surface area contributed by atoms with Crippen LogP contribution in [0, 0.1) is 5.41 Å². The standard InChI is InChI=1S/C26H34N4O4S/c1-25(2,3)29-17-10-11-20(26(4,14-17)24(33)34)30-13-12-18(23(30)32)27-21(31)22-28-19(15-35-22)16-8-6-5-7-9-16/h5-9,15,17-18,20,29H,10-14H2,1-4H3,(H,27,31)(H,33,34)/t17-,18+,20+,26-/m1/s1. The minimum absolute atomic E-state index is 0.0734. The van der Waals surface area contributed by atoms with Gasteiger partial charge in [-0.05, 0) is 53.4 Å². The van der Waals surface area contributed by atoms with E-state index in [0.717, 1.165) is 17.7 Å². The van der Waals surface area contributed by atoms with E-state index in [1.807, 2.05) is 35.7 Å². The second-order valence-corrected chi connectivity index (χ2v) is 11.7. The van der Waals surface area contributed by atoms with Crippen molar-refractivity contribution < 1.29 is 19.5 Å². The first kappa shape index (κ1) is 25.3. The van der Waals surface area contributed by atoms with Crippen LogP contribution in [0.3, 0.4) is 0 Å². The summed E-state index contributed by atoms with van der Waals surface area (Å²) in [6, 6.07) is 8.61. The van der Waals surface area contributed by atoms with Gasteiger partial charge in [-0.1, -0.05) is 30.3 Å². The summed E-state index contributed by atoms with van der Waals surface area (Å²) in [5.74, 6) is -1.48. The lowest BCUT2D eigenvalue weighted by atomic mass is 9.68. The molecule has 0 radical (unpaired) electrons. The number of rotatable bonds is 6. The normalized spacial score (nSPS) is 27.1. The van der Waals surface area contributed by atoms with Gasteiger partial charge in [0, 0.05) is 35.1 Å². The van der Waals surface area contributed by atoms with Crippen LogP contribution in [-0.4, -0.2) is 63.0 Å². The number of aromatic nitrogens is 1. The van der Waals surface area contributed by atoms with E-state index >= 15 is 0 Å². The number of hydrogen-bond donors (Lipinski definition) is 3. The third kappa shape index (κ3) is 5.41.